The Morgan fingerprint density at radius 1 is 1.67 bits per heavy atom. The van der Waals surface area contributed by atoms with Gasteiger partial charge in [0.2, 0.25) is 0 Å². The summed E-state index contributed by atoms with van der Waals surface area (Å²) in [4.78, 5) is 1.27. The molecule has 0 saturated carbocycles. The van der Waals surface area contributed by atoms with Crippen molar-refractivity contribution in [3.8, 4) is 6.07 Å². The molecular formula is C11H12BrNOS. The number of nitriles is 1. The van der Waals surface area contributed by atoms with Crippen LogP contribution >= 0.6 is 27.3 Å². The average Bonchev–Trinajstić information content (AvgIpc) is 2.58. The second kappa shape index (κ2) is 4.25. The van der Waals surface area contributed by atoms with Gasteiger partial charge in [-0.3, -0.25) is 0 Å². The van der Waals surface area contributed by atoms with Gasteiger partial charge in [-0.25, -0.2) is 0 Å². The number of hydrogen-bond acceptors (Lipinski definition) is 3. The molecule has 1 aromatic rings. The minimum Gasteiger partial charge on any atom is -0.379 e. The van der Waals surface area contributed by atoms with Crippen LogP contribution in [0.1, 0.15) is 18.2 Å². The van der Waals surface area contributed by atoms with Crippen LogP contribution in [0.4, 0.5) is 0 Å². The van der Waals surface area contributed by atoms with Crippen LogP contribution in [0.15, 0.2) is 15.9 Å². The fraction of sp³-hybridized carbons (Fsp3) is 0.545. The van der Waals surface area contributed by atoms with Crippen molar-refractivity contribution in [3.05, 3.63) is 20.8 Å². The molecule has 1 fully saturated rings. The van der Waals surface area contributed by atoms with Crippen molar-refractivity contribution in [2.24, 2.45) is 5.92 Å². The summed E-state index contributed by atoms with van der Waals surface area (Å²) in [5.74, 6) is 0.0665. The van der Waals surface area contributed by atoms with E-state index in [1.54, 1.807) is 11.3 Å². The van der Waals surface area contributed by atoms with Gasteiger partial charge in [-0.15, -0.1) is 11.3 Å². The van der Waals surface area contributed by atoms with E-state index in [1.165, 1.54) is 4.88 Å². The molecule has 1 unspecified atom stereocenters. The largest absolute Gasteiger partial charge is 0.379 e. The molecule has 0 bridgehead atoms. The van der Waals surface area contributed by atoms with Crippen molar-refractivity contribution in [1.82, 2.24) is 0 Å². The van der Waals surface area contributed by atoms with Crippen LogP contribution < -0.4 is 0 Å². The van der Waals surface area contributed by atoms with E-state index in [1.807, 2.05) is 6.07 Å². The molecule has 0 aliphatic carbocycles. The lowest BCUT2D eigenvalue weighted by atomic mass is 9.72. The van der Waals surface area contributed by atoms with E-state index in [0.29, 0.717) is 13.2 Å². The van der Waals surface area contributed by atoms with Gasteiger partial charge in [0.05, 0.1) is 34.4 Å². The Balaban J connectivity index is 2.33. The topological polar surface area (TPSA) is 33.0 Å². The third kappa shape index (κ3) is 1.73. The SMILES string of the molecule is CCC(C#N)C1(c2ccc(Br)s2)COC1. The third-order valence-electron chi connectivity index (χ3n) is 3.01. The highest BCUT2D eigenvalue weighted by Gasteiger charge is 2.47. The first kappa shape index (κ1) is 11.1. The van der Waals surface area contributed by atoms with Crippen LogP contribution in [0.3, 0.4) is 0 Å². The summed E-state index contributed by atoms with van der Waals surface area (Å²) in [6.45, 7) is 3.44. The Bertz CT molecular complexity index is 392. The molecule has 0 N–H and O–H groups in total. The zero-order valence-corrected chi connectivity index (χ0v) is 10.9. The minimum absolute atomic E-state index is 0.0415. The third-order valence-corrected chi connectivity index (χ3v) is 4.86. The monoisotopic (exact) mass is 285 g/mol. The summed E-state index contributed by atoms with van der Waals surface area (Å²) in [7, 11) is 0. The number of rotatable bonds is 3. The predicted molar refractivity (Wildman–Crippen MR) is 63.9 cm³/mol. The van der Waals surface area contributed by atoms with Crippen LogP contribution in [0, 0.1) is 17.2 Å². The second-order valence-electron chi connectivity index (χ2n) is 3.84. The van der Waals surface area contributed by atoms with E-state index >= 15 is 0 Å². The van der Waals surface area contributed by atoms with Crippen LogP contribution in [0.5, 0.6) is 0 Å². The highest BCUT2D eigenvalue weighted by Crippen LogP contribution is 2.44. The van der Waals surface area contributed by atoms with E-state index in [4.69, 9.17) is 4.74 Å². The summed E-state index contributed by atoms with van der Waals surface area (Å²) in [5, 5.41) is 9.18. The van der Waals surface area contributed by atoms with E-state index in [-0.39, 0.29) is 11.3 Å². The summed E-state index contributed by atoms with van der Waals surface area (Å²) in [6.07, 6.45) is 0.884. The summed E-state index contributed by atoms with van der Waals surface area (Å²) >= 11 is 5.18. The molecule has 1 aromatic heterocycles. The van der Waals surface area contributed by atoms with E-state index in [9.17, 15) is 5.26 Å². The minimum atomic E-state index is -0.0415. The molecule has 0 radical (unpaired) electrons. The van der Waals surface area contributed by atoms with Crippen LogP contribution in [-0.2, 0) is 10.2 Å². The molecule has 0 spiro atoms. The number of thiophene rings is 1. The molecule has 1 aliphatic rings. The van der Waals surface area contributed by atoms with Crippen molar-refractivity contribution in [2.45, 2.75) is 18.8 Å². The number of nitrogens with zero attached hydrogens (tertiary/aromatic N) is 1. The quantitative estimate of drug-likeness (QED) is 0.854. The Morgan fingerprint density at radius 2 is 2.40 bits per heavy atom. The van der Waals surface area contributed by atoms with Gasteiger partial charge in [0, 0.05) is 4.88 Å². The lowest BCUT2D eigenvalue weighted by molar-refractivity contribution is -0.0785. The standard InChI is InChI=1S/C11H12BrNOS/c1-2-8(5-13)11(6-14-7-11)9-3-4-10(12)15-9/h3-4,8H,2,6-7H2,1H3. The molecule has 15 heavy (non-hydrogen) atoms. The molecule has 1 atom stereocenters. The maximum atomic E-state index is 9.18. The lowest BCUT2D eigenvalue weighted by Crippen LogP contribution is -2.51. The average molecular weight is 286 g/mol. The van der Waals surface area contributed by atoms with Gasteiger partial charge in [0.1, 0.15) is 0 Å². The summed E-state index contributed by atoms with van der Waals surface area (Å²) in [5.41, 5.74) is -0.0415. The van der Waals surface area contributed by atoms with Gasteiger partial charge in [-0.2, -0.15) is 5.26 Å². The van der Waals surface area contributed by atoms with Crippen molar-refractivity contribution < 1.29 is 4.74 Å². The smallest absolute Gasteiger partial charge is 0.0701 e. The van der Waals surface area contributed by atoms with E-state index in [0.717, 1.165) is 10.2 Å². The van der Waals surface area contributed by atoms with Gasteiger partial charge in [-0.1, -0.05) is 6.92 Å². The van der Waals surface area contributed by atoms with Crippen LogP contribution in [-0.4, -0.2) is 13.2 Å². The van der Waals surface area contributed by atoms with Crippen molar-refractivity contribution in [3.63, 3.8) is 0 Å². The maximum Gasteiger partial charge on any atom is 0.0701 e. The summed E-state index contributed by atoms with van der Waals surface area (Å²) in [6, 6.07) is 6.57. The lowest BCUT2D eigenvalue weighted by Gasteiger charge is -2.43. The van der Waals surface area contributed by atoms with Crippen molar-refractivity contribution >= 4 is 27.3 Å². The molecule has 2 nitrogen and oxygen atoms in total. The first-order valence-corrected chi connectivity index (χ1v) is 6.57. The normalized spacial score (nSPS) is 20.3. The van der Waals surface area contributed by atoms with Crippen LogP contribution in [0.2, 0.25) is 0 Å². The summed E-state index contributed by atoms with van der Waals surface area (Å²) < 4.78 is 6.45. The van der Waals surface area contributed by atoms with Gasteiger partial charge >= 0.3 is 0 Å². The molecule has 2 rings (SSSR count). The highest BCUT2D eigenvalue weighted by atomic mass is 79.9. The van der Waals surface area contributed by atoms with Crippen molar-refractivity contribution in [2.75, 3.05) is 13.2 Å². The molecule has 0 amide bonds. The fourth-order valence-corrected chi connectivity index (χ4v) is 3.63. The Morgan fingerprint density at radius 3 is 2.73 bits per heavy atom. The van der Waals surface area contributed by atoms with Gasteiger partial charge in [0.25, 0.3) is 0 Å². The molecule has 0 aromatic carbocycles. The predicted octanol–water partition coefficient (Wildman–Crippen LogP) is 3.33. The van der Waals surface area contributed by atoms with E-state index in [2.05, 4.69) is 35.0 Å². The molecule has 2 heterocycles. The Kier molecular flexibility index (Phi) is 3.15. The first-order valence-electron chi connectivity index (χ1n) is 4.96. The van der Waals surface area contributed by atoms with Gasteiger partial charge in [-0.05, 0) is 34.5 Å². The van der Waals surface area contributed by atoms with Gasteiger partial charge in [0.15, 0.2) is 0 Å². The zero-order valence-electron chi connectivity index (χ0n) is 8.50. The molecule has 1 saturated heterocycles. The fourth-order valence-electron chi connectivity index (χ4n) is 2.02. The molecular weight excluding hydrogens is 274 g/mol. The number of halogens is 1. The molecule has 1 aliphatic heterocycles. The van der Waals surface area contributed by atoms with E-state index < -0.39 is 0 Å². The van der Waals surface area contributed by atoms with Crippen molar-refractivity contribution in [1.29, 1.82) is 5.26 Å². The molecule has 80 valence electrons. The highest BCUT2D eigenvalue weighted by molar-refractivity contribution is 9.11. The second-order valence-corrected chi connectivity index (χ2v) is 6.31. The zero-order chi connectivity index (χ0) is 10.9. The van der Waals surface area contributed by atoms with Crippen LogP contribution in [0.25, 0.3) is 0 Å². The molecule has 4 heteroatoms. The Labute approximate surface area is 102 Å². The number of ether oxygens (including phenoxy) is 1. The van der Waals surface area contributed by atoms with Gasteiger partial charge < -0.3 is 4.74 Å². The first-order chi connectivity index (χ1) is 7.23. The Hall–Kier alpha value is -0.370. The number of hydrogen-bond donors (Lipinski definition) is 0. The maximum absolute atomic E-state index is 9.18.